The van der Waals surface area contributed by atoms with Gasteiger partial charge in [-0.15, -0.1) is 5.10 Å². The Morgan fingerprint density at radius 2 is 1.94 bits per heavy atom. The standard InChI is InChI=1S/C27H36ClN3O3/c1-18-7-8-21(24(28)15-18)16-23(32)17-22(11-12-25(33)34)26-27(20-9-10-20)31(30-29-26)14-13-19-5-3-2-4-6-19/h7-8,15,19-20,22H,2-6,9-14,16-17H2,1H3,(H,33,34). The molecule has 0 radical (unpaired) electrons. The molecule has 0 spiro atoms. The van der Waals surface area contributed by atoms with E-state index >= 15 is 0 Å². The number of aliphatic carboxylic acids is 1. The van der Waals surface area contributed by atoms with E-state index in [1.54, 1.807) is 0 Å². The van der Waals surface area contributed by atoms with Crippen LogP contribution >= 0.6 is 11.6 Å². The predicted molar refractivity (Wildman–Crippen MR) is 132 cm³/mol. The van der Waals surface area contributed by atoms with Gasteiger partial charge in [0.25, 0.3) is 0 Å². The molecule has 1 heterocycles. The van der Waals surface area contributed by atoms with Gasteiger partial charge in [-0.2, -0.15) is 0 Å². The number of aryl methyl sites for hydroxylation is 2. The first-order chi connectivity index (χ1) is 16.4. The lowest BCUT2D eigenvalue weighted by Crippen LogP contribution is -2.15. The summed E-state index contributed by atoms with van der Waals surface area (Å²) in [6.07, 6.45) is 10.9. The first-order valence-corrected chi connectivity index (χ1v) is 13.2. The fraction of sp³-hybridized carbons (Fsp3) is 0.630. The monoisotopic (exact) mass is 485 g/mol. The summed E-state index contributed by atoms with van der Waals surface area (Å²) in [6.45, 7) is 2.83. The topological polar surface area (TPSA) is 85.1 Å². The Morgan fingerprint density at radius 3 is 2.62 bits per heavy atom. The Balaban J connectivity index is 1.49. The number of carboxylic acids is 1. The summed E-state index contributed by atoms with van der Waals surface area (Å²) in [5.41, 5.74) is 3.86. The number of carbonyl (C=O) groups excluding carboxylic acids is 1. The third-order valence-electron chi connectivity index (χ3n) is 7.40. The molecule has 2 fully saturated rings. The molecule has 1 aromatic carbocycles. The maximum absolute atomic E-state index is 13.1. The minimum absolute atomic E-state index is 0.0161. The Hall–Kier alpha value is -2.21. The SMILES string of the molecule is Cc1ccc(CC(=O)CC(CCC(=O)O)c2nnn(CCC3CCCCC3)c2C2CC2)c(Cl)c1. The molecule has 0 amide bonds. The molecule has 0 aliphatic heterocycles. The van der Waals surface area contributed by atoms with Crippen LogP contribution < -0.4 is 0 Å². The minimum Gasteiger partial charge on any atom is -0.481 e. The molecule has 1 unspecified atom stereocenters. The number of halogens is 1. The van der Waals surface area contributed by atoms with Gasteiger partial charge >= 0.3 is 5.97 Å². The number of carboxylic acid groups (broad SMARTS) is 1. The molecule has 6 nitrogen and oxygen atoms in total. The number of hydrogen-bond acceptors (Lipinski definition) is 4. The van der Waals surface area contributed by atoms with E-state index in [2.05, 4.69) is 15.0 Å². The van der Waals surface area contributed by atoms with Gasteiger partial charge in [0.15, 0.2) is 0 Å². The molecule has 4 rings (SSSR count). The van der Waals surface area contributed by atoms with Crippen LogP contribution in [0.1, 0.15) is 105 Å². The fourth-order valence-electron chi connectivity index (χ4n) is 5.34. The average molecular weight is 486 g/mol. The van der Waals surface area contributed by atoms with Gasteiger partial charge in [0.1, 0.15) is 5.78 Å². The second-order valence-corrected chi connectivity index (χ2v) is 10.7. The van der Waals surface area contributed by atoms with Gasteiger partial charge in [-0.1, -0.05) is 61.1 Å². The molecule has 0 bridgehead atoms. The fourth-order valence-corrected chi connectivity index (χ4v) is 5.64. The molecule has 2 aliphatic rings. The Kier molecular flexibility index (Phi) is 8.41. The van der Waals surface area contributed by atoms with Crippen molar-refractivity contribution >= 4 is 23.4 Å². The number of benzene rings is 1. The lowest BCUT2D eigenvalue weighted by Gasteiger charge is -2.21. The first kappa shape index (κ1) is 24.9. The summed E-state index contributed by atoms with van der Waals surface area (Å²) in [4.78, 5) is 24.4. The highest BCUT2D eigenvalue weighted by Crippen LogP contribution is 2.44. The molecule has 34 heavy (non-hydrogen) atoms. The number of nitrogens with zero attached hydrogens (tertiary/aromatic N) is 3. The van der Waals surface area contributed by atoms with Crippen molar-refractivity contribution in [3.63, 3.8) is 0 Å². The summed E-state index contributed by atoms with van der Waals surface area (Å²) in [5.74, 6) is 0.172. The van der Waals surface area contributed by atoms with Crippen molar-refractivity contribution in [2.24, 2.45) is 5.92 Å². The number of carbonyl (C=O) groups is 2. The highest BCUT2D eigenvalue weighted by atomic mass is 35.5. The second kappa shape index (κ2) is 11.5. The highest BCUT2D eigenvalue weighted by molar-refractivity contribution is 6.31. The summed E-state index contributed by atoms with van der Waals surface area (Å²) >= 11 is 6.35. The van der Waals surface area contributed by atoms with Gasteiger partial charge in [-0.25, -0.2) is 4.68 Å². The van der Waals surface area contributed by atoms with Crippen LogP contribution in [0.3, 0.4) is 0 Å². The average Bonchev–Trinajstić information content (AvgIpc) is 3.56. The van der Waals surface area contributed by atoms with Gasteiger partial charge < -0.3 is 5.11 Å². The molecule has 2 saturated carbocycles. The van der Waals surface area contributed by atoms with E-state index in [0.717, 1.165) is 54.2 Å². The van der Waals surface area contributed by atoms with Crippen LogP contribution in [0.15, 0.2) is 18.2 Å². The number of ketones is 1. The number of hydrogen-bond donors (Lipinski definition) is 1. The lowest BCUT2D eigenvalue weighted by molar-refractivity contribution is -0.137. The predicted octanol–water partition coefficient (Wildman–Crippen LogP) is 6.24. The van der Waals surface area contributed by atoms with Crippen LogP contribution in [0.5, 0.6) is 0 Å². The summed E-state index contributed by atoms with van der Waals surface area (Å²) in [6, 6.07) is 5.73. The maximum atomic E-state index is 13.1. The molecular formula is C27H36ClN3O3. The largest absolute Gasteiger partial charge is 0.481 e. The van der Waals surface area contributed by atoms with Gasteiger partial charge in [0, 0.05) is 42.7 Å². The minimum atomic E-state index is -0.850. The lowest BCUT2D eigenvalue weighted by atomic mass is 9.87. The van der Waals surface area contributed by atoms with Crippen LogP contribution in [0.2, 0.25) is 5.02 Å². The molecular weight excluding hydrogens is 450 g/mol. The molecule has 1 atom stereocenters. The molecule has 1 N–H and O–H groups in total. The Bertz CT molecular complexity index is 1010. The van der Waals surface area contributed by atoms with Crippen LogP contribution in [-0.4, -0.2) is 31.9 Å². The quantitative estimate of drug-likeness (QED) is 0.384. The van der Waals surface area contributed by atoms with Crippen molar-refractivity contribution in [2.75, 3.05) is 0 Å². The van der Waals surface area contributed by atoms with E-state index in [1.807, 2.05) is 25.1 Å². The second-order valence-electron chi connectivity index (χ2n) is 10.3. The summed E-state index contributed by atoms with van der Waals surface area (Å²) in [7, 11) is 0. The van der Waals surface area contributed by atoms with Crippen molar-refractivity contribution < 1.29 is 14.7 Å². The van der Waals surface area contributed by atoms with Gasteiger partial charge in [-0.3, -0.25) is 9.59 Å². The Morgan fingerprint density at radius 1 is 1.18 bits per heavy atom. The number of Topliss-reactive ketones (excluding diaryl/α,β-unsaturated/α-hetero) is 1. The molecule has 2 aliphatic carbocycles. The third kappa shape index (κ3) is 6.68. The maximum Gasteiger partial charge on any atom is 0.303 e. The zero-order valence-electron chi connectivity index (χ0n) is 20.1. The van der Waals surface area contributed by atoms with Crippen LogP contribution in [0.4, 0.5) is 0 Å². The Labute approximate surface area is 207 Å². The normalized spacial score (nSPS) is 17.6. The van der Waals surface area contributed by atoms with Crippen molar-refractivity contribution in [3.05, 3.63) is 45.7 Å². The smallest absolute Gasteiger partial charge is 0.303 e. The van der Waals surface area contributed by atoms with E-state index in [1.165, 1.54) is 32.1 Å². The number of rotatable bonds is 12. The van der Waals surface area contributed by atoms with E-state index in [4.69, 9.17) is 11.6 Å². The third-order valence-corrected chi connectivity index (χ3v) is 7.75. The van der Waals surface area contributed by atoms with E-state index in [0.29, 0.717) is 17.4 Å². The van der Waals surface area contributed by atoms with Gasteiger partial charge in [0.2, 0.25) is 0 Å². The van der Waals surface area contributed by atoms with Crippen LogP contribution in [-0.2, 0) is 22.6 Å². The van der Waals surface area contributed by atoms with Crippen molar-refractivity contribution in [1.82, 2.24) is 15.0 Å². The molecule has 184 valence electrons. The highest BCUT2D eigenvalue weighted by Gasteiger charge is 2.35. The zero-order chi connectivity index (χ0) is 24.1. The summed E-state index contributed by atoms with van der Waals surface area (Å²) < 4.78 is 2.07. The van der Waals surface area contributed by atoms with E-state index in [9.17, 15) is 14.7 Å². The van der Waals surface area contributed by atoms with Gasteiger partial charge in [-0.05, 0) is 55.7 Å². The van der Waals surface area contributed by atoms with Crippen LogP contribution in [0.25, 0.3) is 0 Å². The van der Waals surface area contributed by atoms with Crippen molar-refractivity contribution in [3.8, 4) is 0 Å². The molecule has 1 aromatic heterocycles. The van der Waals surface area contributed by atoms with E-state index < -0.39 is 5.97 Å². The number of aromatic nitrogens is 3. The van der Waals surface area contributed by atoms with Gasteiger partial charge in [0.05, 0.1) is 11.4 Å². The van der Waals surface area contributed by atoms with Crippen molar-refractivity contribution in [1.29, 1.82) is 0 Å². The molecule has 0 saturated heterocycles. The molecule has 2 aromatic rings. The van der Waals surface area contributed by atoms with Crippen LogP contribution in [0, 0.1) is 12.8 Å². The molecule has 7 heteroatoms. The van der Waals surface area contributed by atoms with Crippen molar-refractivity contribution in [2.45, 2.75) is 102 Å². The van der Waals surface area contributed by atoms with E-state index in [-0.39, 0.29) is 31.0 Å². The summed E-state index contributed by atoms with van der Waals surface area (Å²) in [5, 5.41) is 19.0. The zero-order valence-corrected chi connectivity index (χ0v) is 20.9. The first-order valence-electron chi connectivity index (χ1n) is 12.8.